The number of nitrogens with zero attached hydrogens (tertiary/aromatic N) is 2. The fourth-order valence-electron chi connectivity index (χ4n) is 4.01. The van der Waals surface area contributed by atoms with Crippen molar-refractivity contribution in [1.82, 2.24) is 4.98 Å². The van der Waals surface area contributed by atoms with E-state index in [0.717, 1.165) is 36.1 Å². The summed E-state index contributed by atoms with van der Waals surface area (Å²) in [5, 5.41) is 1.17. The third-order valence-corrected chi connectivity index (χ3v) is 5.52. The molecule has 1 aromatic heterocycles. The van der Waals surface area contributed by atoms with Gasteiger partial charge in [-0.15, -0.1) is 0 Å². The van der Waals surface area contributed by atoms with Gasteiger partial charge in [0.15, 0.2) is 0 Å². The number of para-hydroxylation sites is 1. The maximum atomic E-state index is 5.53. The average Bonchev–Trinajstić information content (AvgIpc) is 2.69. The van der Waals surface area contributed by atoms with Crippen molar-refractivity contribution in [3.63, 3.8) is 0 Å². The second-order valence-corrected chi connectivity index (χ2v) is 7.27. The van der Waals surface area contributed by atoms with Gasteiger partial charge in [-0.05, 0) is 55.4 Å². The van der Waals surface area contributed by atoms with Crippen LogP contribution >= 0.6 is 0 Å². The van der Waals surface area contributed by atoms with Crippen molar-refractivity contribution in [3.05, 3.63) is 65.7 Å². The van der Waals surface area contributed by atoms with Gasteiger partial charge in [0.1, 0.15) is 17.1 Å². The Morgan fingerprint density at radius 3 is 2.54 bits per heavy atom. The molecule has 1 fully saturated rings. The van der Waals surface area contributed by atoms with Gasteiger partial charge in [-0.1, -0.05) is 42.5 Å². The van der Waals surface area contributed by atoms with Gasteiger partial charge in [-0.3, -0.25) is 0 Å². The number of rotatable bonds is 4. The van der Waals surface area contributed by atoms with Crippen LogP contribution in [-0.2, 0) is 6.42 Å². The van der Waals surface area contributed by atoms with Crippen LogP contribution in [0, 0.1) is 12.8 Å². The Hall–Kier alpha value is -2.55. The normalized spacial score (nSPS) is 15.4. The summed E-state index contributed by atoms with van der Waals surface area (Å²) in [5.74, 6) is 2.70. The van der Waals surface area contributed by atoms with Crippen molar-refractivity contribution >= 4 is 16.7 Å². The molecule has 4 rings (SSSR count). The Morgan fingerprint density at radius 1 is 1.04 bits per heavy atom. The van der Waals surface area contributed by atoms with E-state index < -0.39 is 0 Å². The average molecular weight is 346 g/mol. The Kier molecular flexibility index (Phi) is 4.79. The molecule has 0 atom stereocenters. The highest BCUT2D eigenvalue weighted by Gasteiger charge is 2.21. The summed E-state index contributed by atoms with van der Waals surface area (Å²) in [5.41, 5.74) is 3.68. The second-order valence-electron chi connectivity index (χ2n) is 7.27. The van der Waals surface area contributed by atoms with Crippen molar-refractivity contribution in [3.8, 4) is 5.75 Å². The number of aryl methyl sites for hydroxylation is 1. The summed E-state index contributed by atoms with van der Waals surface area (Å²) >= 11 is 0. The van der Waals surface area contributed by atoms with Crippen molar-refractivity contribution in [2.45, 2.75) is 26.2 Å². The number of aromatic nitrogens is 1. The Morgan fingerprint density at radius 2 is 1.81 bits per heavy atom. The summed E-state index contributed by atoms with van der Waals surface area (Å²) in [6, 6.07) is 19.2. The molecule has 2 aromatic carbocycles. The quantitative estimate of drug-likeness (QED) is 0.664. The molecule has 26 heavy (non-hydrogen) atoms. The van der Waals surface area contributed by atoms with Crippen molar-refractivity contribution in [1.29, 1.82) is 0 Å². The highest BCUT2D eigenvalue weighted by Crippen LogP contribution is 2.31. The Bertz CT molecular complexity index is 883. The molecular weight excluding hydrogens is 320 g/mol. The van der Waals surface area contributed by atoms with E-state index >= 15 is 0 Å². The molecule has 1 aliphatic rings. The first-order chi connectivity index (χ1) is 12.7. The SMILES string of the molecule is COc1cccc2c(C)cc(N3CCC(Cc4ccccc4)CC3)nc12. The summed E-state index contributed by atoms with van der Waals surface area (Å²) < 4.78 is 5.53. The van der Waals surface area contributed by atoms with Crippen LogP contribution in [0.5, 0.6) is 5.75 Å². The fourth-order valence-corrected chi connectivity index (χ4v) is 4.01. The Balaban J connectivity index is 1.51. The van der Waals surface area contributed by atoms with E-state index in [2.05, 4.69) is 54.3 Å². The lowest BCUT2D eigenvalue weighted by atomic mass is 9.90. The summed E-state index contributed by atoms with van der Waals surface area (Å²) in [6.45, 7) is 4.31. The molecule has 0 N–H and O–H groups in total. The molecule has 3 aromatic rings. The number of fused-ring (bicyclic) bond motifs is 1. The minimum absolute atomic E-state index is 0.768. The number of piperidine rings is 1. The van der Waals surface area contributed by atoms with Crippen LogP contribution in [0.25, 0.3) is 10.9 Å². The molecule has 134 valence electrons. The van der Waals surface area contributed by atoms with E-state index in [-0.39, 0.29) is 0 Å². The lowest BCUT2D eigenvalue weighted by molar-refractivity contribution is 0.402. The number of ether oxygens (including phenoxy) is 1. The number of anilines is 1. The summed E-state index contributed by atoms with van der Waals surface area (Å²) in [6.07, 6.45) is 3.63. The van der Waals surface area contributed by atoms with Gasteiger partial charge in [0.05, 0.1) is 7.11 Å². The first-order valence-corrected chi connectivity index (χ1v) is 9.48. The highest BCUT2D eigenvalue weighted by molar-refractivity contribution is 5.88. The first-order valence-electron chi connectivity index (χ1n) is 9.48. The van der Waals surface area contributed by atoms with Crippen LogP contribution in [0.2, 0.25) is 0 Å². The van der Waals surface area contributed by atoms with E-state index in [1.165, 1.54) is 35.8 Å². The van der Waals surface area contributed by atoms with Gasteiger partial charge in [-0.25, -0.2) is 4.98 Å². The van der Waals surface area contributed by atoms with Crippen LogP contribution in [0.4, 0.5) is 5.82 Å². The maximum absolute atomic E-state index is 5.53. The molecule has 0 unspecified atom stereocenters. The fraction of sp³-hybridized carbons (Fsp3) is 0.348. The monoisotopic (exact) mass is 346 g/mol. The largest absolute Gasteiger partial charge is 0.494 e. The molecule has 1 aliphatic heterocycles. The lowest BCUT2D eigenvalue weighted by Crippen LogP contribution is -2.34. The van der Waals surface area contributed by atoms with E-state index in [9.17, 15) is 0 Å². The van der Waals surface area contributed by atoms with Crippen LogP contribution in [0.3, 0.4) is 0 Å². The topological polar surface area (TPSA) is 25.4 Å². The van der Waals surface area contributed by atoms with Crippen LogP contribution in [0.15, 0.2) is 54.6 Å². The van der Waals surface area contributed by atoms with Crippen LogP contribution in [-0.4, -0.2) is 25.2 Å². The smallest absolute Gasteiger partial charge is 0.145 e. The number of pyridine rings is 1. The zero-order valence-corrected chi connectivity index (χ0v) is 15.6. The van der Waals surface area contributed by atoms with Gasteiger partial charge in [0.25, 0.3) is 0 Å². The number of benzene rings is 2. The van der Waals surface area contributed by atoms with Crippen molar-refractivity contribution < 1.29 is 4.74 Å². The zero-order chi connectivity index (χ0) is 17.9. The van der Waals surface area contributed by atoms with Gasteiger partial charge in [0, 0.05) is 18.5 Å². The van der Waals surface area contributed by atoms with E-state index in [1.54, 1.807) is 7.11 Å². The predicted molar refractivity (Wildman–Crippen MR) is 108 cm³/mol. The standard InChI is InChI=1S/C23H26N2O/c1-17-15-22(24-23-20(17)9-6-10-21(23)26-2)25-13-11-19(12-14-25)16-18-7-4-3-5-8-18/h3-10,15,19H,11-14,16H2,1-2H3. The van der Waals surface area contributed by atoms with Gasteiger partial charge >= 0.3 is 0 Å². The predicted octanol–water partition coefficient (Wildman–Crippen LogP) is 5.01. The van der Waals surface area contributed by atoms with Crippen LogP contribution < -0.4 is 9.64 Å². The van der Waals surface area contributed by atoms with E-state index in [0.29, 0.717) is 0 Å². The molecule has 3 heteroatoms. The molecule has 2 heterocycles. The Labute approximate surface area is 155 Å². The van der Waals surface area contributed by atoms with E-state index in [4.69, 9.17) is 9.72 Å². The summed E-state index contributed by atoms with van der Waals surface area (Å²) in [4.78, 5) is 7.37. The minimum atomic E-state index is 0.768. The molecule has 0 saturated carbocycles. The molecule has 0 amide bonds. The van der Waals surface area contributed by atoms with Crippen LogP contribution in [0.1, 0.15) is 24.0 Å². The highest BCUT2D eigenvalue weighted by atomic mass is 16.5. The molecule has 0 aliphatic carbocycles. The number of methoxy groups -OCH3 is 1. The first kappa shape index (κ1) is 16.9. The molecule has 3 nitrogen and oxygen atoms in total. The van der Waals surface area contributed by atoms with Crippen molar-refractivity contribution in [2.75, 3.05) is 25.1 Å². The van der Waals surface area contributed by atoms with Gasteiger partial charge < -0.3 is 9.64 Å². The lowest BCUT2D eigenvalue weighted by Gasteiger charge is -2.33. The second kappa shape index (κ2) is 7.36. The molecule has 0 radical (unpaired) electrons. The van der Waals surface area contributed by atoms with Gasteiger partial charge in [-0.2, -0.15) is 0 Å². The number of hydrogen-bond acceptors (Lipinski definition) is 3. The summed E-state index contributed by atoms with van der Waals surface area (Å²) in [7, 11) is 1.72. The third-order valence-electron chi connectivity index (χ3n) is 5.52. The number of hydrogen-bond donors (Lipinski definition) is 0. The molecular formula is C23H26N2O. The zero-order valence-electron chi connectivity index (χ0n) is 15.6. The third kappa shape index (κ3) is 3.39. The maximum Gasteiger partial charge on any atom is 0.145 e. The van der Waals surface area contributed by atoms with E-state index in [1.807, 2.05) is 12.1 Å². The van der Waals surface area contributed by atoms with Crippen molar-refractivity contribution in [2.24, 2.45) is 5.92 Å². The molecule has 0 bridgehead atoms. The molecule has 1 saturated heterocycles. The minimum Gasteiger partial charge on any atom is -0.494 e. The van der Waals surface area contributed by atoms with Gasteiger partial charge in [0.2, 0.25) is 0 Å². The molecule has 0 spiro atoms.